The third-order valence-corrected chi connectivity index (χ3v) is 4.68. The molecule has 0 radical (unpaired) electrons. The second kappa shape index (κ2) is 8.83. The van der Waals surface area contributed by atoms with Gasteiger partial charge in [-0.25, -0.2) is 0 Å². The lowest BCUT2D eigenvalue weighted by Crippen LogP contribution is -2.51. The van der Waals surface area contributed by atoms with Crippen molar-refractivity contribution in [3.63, 3.8) is 0 Å². The molecule has 24 heavy (non-hydrogen) atoms. The molecule has 2 unspecified atom stereocenters. The van der Waals surface area contributed by atoms with Gasteiger partial charge in [0.15, 0.2) is 5.78 Å². The zero-order valence-electron chi connectivity index (χ0n) is 14.7. The standard InChI is InChI=1S/C19H28N2O3/c1-14(20)17-6-3-4-13-21(17)19(23)8-5-7-18(22)15-9-11-16(24-2)12-10-15/h9-12,14,17H,3-8,13,20H2,1-2H3. The first kappa shape index (κ1) is 18.5. The lowest BCUT2D eigenvalue weighted by Gasteiger charge is -2.38. The molecule has 1 heterocycles. The molecule has 0 bridgehead atoms. The van der Waals surface area contributed by atoms with Gasteiger partial charge in [-0.3, -0.25) is 9.59 Å². The number of nitrogens with zero attached hydrogens (tertiary/aromatic N) is 1. The average Bonchev–Trinajstić information content (AvgIpc) is 2.61. The number of nitrogens with two attached hydrogens (primary N) is 1. The Balaban J connectivity index is 1.81. The summed E-state index contributed by atoms with van der Waals surface area (Å²) in [5.41, 5.74) is 6.68. The van der Waals surface area contributed by atoms with E-state index >= 15 is 0 Å². The van der Waals surface area contributed by atoms with Crippen LogP contribution in [0.3, 0.4) is 0 Å². The Hall–Kier alpha value is -1.88. The van der Waals surface area contributed by atoms with E-state index in [1.807, 2.05) is 11.8 Å². The molecule has 1 aromatic carbocycles. The zero-order chi connectivity index (χ0) is 17.5. The molecular weight excluding hydrogens is 304 g/mol. The number of methoxy groups -OCH3 is 1. The van der Waals surface area contributed by atoms with Gasteiger partial charge in [0.2, 0.25) is 5.91 Å². The second-order valence-electron chi connectivity index (χ2n) is 6.51. The Morgan fingerprint density at radius 2 is 1.96 bits per heavy atom. The van der Waals surface area contributed by atoms with Crippen molar-refractivity contribution < 1.29 is 14.3 Å². The molecular formula is C19H28N2O3. The number of benzene rings is 1. The fraction of sp³-hybridized carbons (Fsp3) is 0.579. The van der Waals surface area contributed by atoms with E-state index in [2.05, 4.69) is 0 Å². The lowest BCUT2D eigenvalue weighted by molar-refractivity contribution is -0.135. The summed E-state index contributed by atoms with van der Waals surface area (Å²) in [6.45, 7) is 2.75. The van der Waals surface area contributed by atoms with E-state index < -0.39 is 0 Å². The van der Waals surface area contributed by atoms with Crippen molar-refractivity contribution in [2.75, 3.05) is 13.7 Å². The molecule has 0 aromatic heterocycles. The summed E-state index contributed by atoms with van der Waals surface area (Å²) in [4.78, 5) is 26.6. The Kier molecular flexibility index (Phi) is 6.79. The molecule has 5 nitrogen and oxygen atoms in total. The summed E-state index contributed by atoms with van der Waals surface area (Å²) in [6.07, 6.45) is 4.52. The zero-order valence-corrected chi connectivity index (χ0v) is 14.7. The van der Waals surface area contributed by atoms with E-state index in [-0.39, 0.29) is 23.8 Å². The van der Waals surface area contributed by atoms with Gasteiger partial charge in [-0.1, -0.05) is 0 Å². The predicted molar refractivity (Wildman–Crippen MR) is 94.2 cm³/mol. The van der Waals surface area contributed by atoms with E-state index in [1.165, 1.54) is 0 Å². The third kappa shape index (κ3) is 4.81. The fourth-order valence-corrected chi connectivity index (χ4v) is 3.28. The Morgan fingerprint density at radius 3 is 2.58 bits per heavy atom. The van der Waals surface area contributed by atoms with Crippen LogP contribution in [0.25, 0.3) is 0 Å². The highest BCUT2D eigenvalue weighted by Gasteiger charge is 2.28. The summed E-state index contributed by atoms with van der Waals surface area (Å²) >= 11 is 0. The average molecular weight is 332 g/mol. The number of carbonyl (C=O) groups excluding carboxylic acids is 2. The molecule has 1 amide bonds. The minimum Gasteiger partial charge on any atom is -0.497 e. The molecule has 1 fully saturated rings. The minimum atomic E-state index is -0.00446. The first-order chi connectivity index (χ1) is 11.5. The second-order valence-corrected chi connectivity index (χ2v) is 6.51. The largest absolute Gasteiger partial charge is 0.497 e. The van der Waals surface area contributed by atoms with Crippen molar-refractivity contribution >= 4 is 11.7 Å². The molecule has 1 aromatic rings. The number of hydrogen-bond acceptors (Lipinski definition) is 4. The van der Waals surface area contributed by atoms with Crippen LogP contribution in [0.1, 0.15) is 55.8 Å². The van der Waals surface area contributed by atoms with Crippen LogP contribution in [-0.2, 0) is 4.79 Å². The van der Waals surface area contributed by atoms with E-state index in [1.54, 1.807) is 31.4 Å². The molecule has 2 atom stereocenters. The van der Waals surface area contributed by atoms with Gasteiger partial charge >= 0.3 is 0 Å². The predicted octanol–water partition coefficient (Wildman–Crippen LogP) is 2.78. The molecule has 0 saturated carbocycles. The SMILES string of the molecule is COc1ccc(C(=O)CCCC(=O)N2CCCCC2C(C)N)cc1. The van der Waals surface area contributed by atoms with Gasteiger partial charge in [-0.05, 0) is 56.9 Å². The quantitative estimate of drug-likeness (QED) is 0.779. The van der Waals surface area contributed by atoms with Gasteiger partial charge in [0.05, 0.1) is 7.11 Å². The first-order valence-corrected chi connectivity index (χ1v) is 8.75. The maximum atomic E-state index is 12.5. The highest BCUT2D eigenvalue weighted by molar-refractivity contribution is 5.96. The highest BCUT2D eigenvalue weighted by atomic mass is 16.5. The number of rotatable bonds is 7. The van der Waals surface area contributed by atoms with Crippen LogP contribution >= 0.6 is 0 Å². The molecule has 1 aliphatic heterocycles. The van der Waals surface area contributed by atoms with Crippen LogP contribution in [0, 0.1) is 0 Å². The van der Waals surface area contributed by atoms with Gasteiger partial charge in [-0.15, -0.1) is 0 Å². The number of hydrogen-bond donors (Lipinski definition) is 1. The van der Waals surface area contributed by atoms with E-state index in [0.717, 1.165) is 31.6 Å². The summed E-state index contributed by atoms with van der Waals surface area (Å²) in [6, 6.07) is 7.22. The monoisotopic (exact) mass is 332 g/mol. The number of amides is 1. The number of carbonyl (C=O) groups is 2. The van der Waals surface area contributed by atoms with E-state index in [4.69, 9.17) is 10.5 Å². The van der Waals surface area contributed by atoms with Gasteiger partial charge < -0.3 is 15.4 Å². The molecule has 1 saturated heterocycles. The number of likely N-dealkylation sites (tertiary alicyclic amines) is 1. The van der Waals surface area contributed by atoms with Crippen LogP contribution in [0.5, 0.6) is 5.75 Å². The van der Waals surface area contributed by atoms with Gasteiger partial charge in [0.25, 0.3) is 0 Å². The molecule has 2 rings (SSSR count). The van der Waals surface area contributed by atoms with Crippen molar-refractivity contribution in [3.05, 3.63) is 29.8 Å². The fourth-order valence-electron chi connectivity index (χ4n) is 3.28. The van der Waals surface area contributed by atoms with Crippen molar-refractivity contribution in [2.24, 2.45) is 5.73 Å². The lowest BCUT2D eigenvalue weighted by atomic mass is 9.96. The number of ketones is 1. The maximum absolute atomic E-state index is 12.5. The van der Waals surface area contributed by atoms with Crippen molar-refractivity contribution in [1.29, 1.82) is 0 Å². The molecule has 1 aliphatic rings. The minimum absolute atomic E-state index is 0.00446. The summed E-state index contributed by atoms with van der Waals surface area (Å²) in [5.74, 6) is 0.918. The van der Waals surface area contributed by atoms with Gasteiger partial charge in [0.1, 0.15) is 5.75 Å². The third-order valence-electron chi connectivity index (χ3n) is 4.68. The Bertz CT molecular complexity index is 554. The molecule has 2 N–H and O–H groups in total. The van der Waals surface area contributed by atoms with Gasteiger partial charge in [0, 0.05) is 37.0 Å². The van der Waals surface area contributed by atoms with E-state index in [0.29, 0.717) is 24.8 Å². The topological polar surface area (TPSA) is 72.6 Å². The number of ether oxygens (including phenoxy) is 1. The van der Waals surface area contributed by atoms with Crippen LogP contribution in [0.2, 0.25) is 0 Å². The van der Waals surface area contributed by atoms with Crippen LogP contribution in [0.4, 0.5) is 0 Å². The summed E-state index contributed by atoms with van der Waals surface area (Å²) < 4.78 is 5.09. The summed E-state index contributed by atoms with van der Waals surface area (Å²) in [7, 11) is 1.60. The Labute approximate surface area is 144 Å². The molecule has 0 spiro atoms. The smallest absolute Gasteiger partial charge is 0.222 e. The van der Waals surface area contributed by atoms with Gasteiger partial charge in [-0.2, -0.15) is 0 Å². The number of piperidine rings is 1. The number of Topliss-reactive ketones (excluding diaryl/α,β-unsaturated/α-hetero) is 1. The van der Waals surface area contributed by atoms with Crippen LogP contribution < -0.4 is 10.5 Å². The molecule has 132 valence electrons. The maximum Gasteiger partial charge on any atom is 0.222 e. The first-order valence-electron chi connectivity index (χ1n) is 8.75. The van der Waals surface area contributed by atoms with Crippen molar-refractivity contribution in [2.45, 2.75) is 57.5 Å². The van der Waals surface area contributed by atoms with Crippen molar-refractivity contribution in [3.8, 4) is 5.75 Å². The highest BCUT2D eigenvalue weighted by Crippen LogP contribution is 2.21. The van der Waals surface area contributed by atoms with Crippen molar-refractivity contribution in [1.82, 2.24) is 4.90 Å². The summed E-state index contributed by atoms with van der Waals surface area (Å²) in [5, 5.41) is 0. The molecule has 5 heteroatoms. The molecule has 0 aliphatic carbocycles. The normalized spacial score (nSPS) is 19.0. The van der Waals surface area contributed by atoms with E-state index in [9.17, 15) is 9.59 Å². The Morgan fingerprint density at radius 1 is 1.25 bits per heavy atom. The van der Waals surface area contributed by atoms with Crippen LogP contribution in [-0.4, -0.2) is 42.3 Å². The van der Waals surface area contributed by atoms with Crippen LogP contribution in [0.15, 0.2) is 24.3 Å².